The first-order valence-electron chi connectivity index (χ1n) is 8.59. The van der Waals surface area contributed by atoms with E-state index in [1.165, 1.54) is 0 Å². The molecule has 6 nitrogen and oxygen atoms in total. The minimum atomic E-state index is -0.956. The summed E-state index contributed by atoms with van der Waals surface area (Å²) in [6, 6.07) is 5.39. The zero-order valence-corrected chi connectivity index (χ0v) is 15.8. The number of rotatable bonds is 6. The van der Waals surface area contributed by atoms with Crippen molar-refractivity contribution < 1.29 is 19.4 Å². The van der Waals surface area contributed by atoms with Gasteiger partial charge in [0.05, 0.1) is 25.9 Å². The van der Waals surface area contributed by atoms with Crippen molar-refractivity contribution >= 4 is 34.6 Å². The number of nitrogens with one attached hydrogen (secondary N) is 1. The van der Waals surface area contributed by atoms with Crippen molar-refractivity contribution in [2.45, 2.75) is 37.5 Å². The van der Waals surface area contributed by atoms with Crippen LogP contribution in [0.5, 0.6) is 0 Å². The number of aryl methyl sites for hydroxylation is 1. The van der Waals surface area contributed by atoms with Gasteiger partial charge in [-0.1, -0.05) is 6.07 Å². The Morgan fingerprint density at radius 2 is 2.19 bits per heavy atom. The molecule has 8 heteroatoms. The van der Waals surface area contributed by atoms with Crippen molar-refractivity contribution in [3.05, 3.63) is 44.3 Å². The third kappa shape index (κ3) is 3.07. The normalized spacial score (nSPS) is 23.3. The number of carbonyl (C=O) groups excluding carboxylic acids is 2. The third-order valence-electron chi connectivity index (χ3n) is 4.86. The summed E-state index contributed by atoms with van der Waals surface area (Å²) in [6.07, 6.45) is 1.49. The second kappa shape index (κ2) is 7.11. The number of carbonyl (C=O) groups is 2. The highest BCUT2D eigenvalue weighted by atomic mass is 32.1. The zero-order valence-electron chi connectivity index (χ0n) is 14.1. The van der Waals surface area contributed by atoms with Crippen LogP contribution in [-0.2, 0) is 28.1 Å². The quantitative estimate of drug-likeness (QED) is 0.741. The maximum atomic E-state index is 13.0. The smallest absolute Gasteiger partial charge is 0.325 e. The molecule has 2 atom stereocenters. The number of nitrogens with zero attached hydrogens (tertiary/aromatic N) is 1. The van der Waals surface area contributed by atoms with E-state index < -0.39 is 17.7 Å². The van der Waals surface area contributed by atoms with Gasteiger partial charge >= 0.3 is 6.03 Å². The summed E-state index contributed by atoms with van der Waals surface area (Å²) in [6.45, 7) is 0.430. The fourth-order valence-electron chi connectivity index (χ4n) is 3.66. The average Bonchev–Trinajstić information content (AvgIpc) is 3.34. The highest BCUT2D eigenvalue weighted by Crippen LogP contribution is 2.42. The van der Waals surface area contributed by atoms with Crippen LogP contribution in [-0.4, -0.2) is 41.2 Å². The van der Waals surface area contributed by atoms with Crippen LogP contribution in [0.15, 0.2) is 29.0 Å². The summed E-state index contributed by atoms with van der Waals surface area (Å²) >= 11 is 3.21. The van der Waals surface area contributed by atoms with Gasteiger partial charge in [0, 0.05) is 15.3 Å². The van der Waals surface area contributed by atoms with Gasteiger partial charge < -0.3 is 15.2 Å². The van der Waals surface area contributed by atoms with Crippen LogP contribution in [0.25, 0.3) is 0 Å². The molecule has 0 unspecified atom stereocenters. The summed E-state index contributed by atoms with van der Waals surface area (Å²) in [5.74, 6) is -0.265. The maximum Gasteiger partial charge on any atom is 0.325 e. The lowest BCUT2D eigenvalue weighted by atomic mass is 9.80. The van der Waals surface area contributed by atoms with Crippen molar-refractivity contribution in [1.29, 1.82) is 0 Å². The van der Waals surface area contributed by atoms with Gasteiger partial charge in [-0.15, -0.1) is 22.7 Å². The van der Waals surface area contributed by atoms with E-state index in [0.717, 1.165) is 33.1 Å². The second-order valence-corrected chi connectivity index (χ2v) is 8.64. The van der Waals surface area contributed by atoms with Crippen LogP contribution in [0.4, 0.5) is 4.79 Å². The molecule has 1 saturated heterocycles. The number of amides is 3. The third-order valence-corrected chi connectivity index (χ3v) is 6.70. The predicted octanol–water partition coefficient (Wildman–Crippen LogP) is 2.47. The molecule has 1 aliphatic heterocycles. The molecule has 1 aliphatic carbocycles. The molecule has 0 bridgehead atoms. The number of β-amino-alcohol motifs (C(OH)–C–C–N with tert-alkyl or cyclic N) is 1. The van der Waals surface area contributed by atoms with Crippen molar-refractivity contribution in [2.24, 2.45) is 0 Å². The topological polar surface area (TPSA) is 78.9 Å². The Labute approximate surface area is 159 Å². The molecule has 26 heavy (non-hydrogen) atoms. The van der Waals surface area contributed by atoms with Crippen LogP contribution in [0, 0.1) is 0 Å². The number of ether oxygens (including phenoxy) is 1. The summed E-state index contributed by atoms with van der Waals surface area (Å²) in [5.41, 5.74) is -0.0413. The van der Waals surface area contributed by atoms with Crippen molar-refractivity contribution in [3.63, 3.8) is 0 Å². The summed E-state index contributed by atoms with van der Waals surface area (Å²) in [7, 11) is 0. The van der Waals surface area contributed by atoms with Crippen molar-refractivity contribution in [3.8, 4) is 0 Å². The molecule has 0 aromatic carbocycles. The molecule has 2 N–H and O–H groups in total. The molecule has 1 fully saturated rings. The van der Waals surface area contributed by atoms with Gasteiger partial charge in [-0.05, 0) is 42.2 Å². The van der Waals surface area contributed by atoms with E-state index in [1.807, 2.05) is 29.0 Å². The lowest BCUT2D eigenvalue weighted by Gasteiger charge is -2.31. The number of aliphatic hydroxyl groups is 1. The number of hydrogen-bond acceptors (Lipinski definition) is 6. The fourth-order valence-corrected chi connectivity index (χ4v) is 5.30. The highest BCUT2D eigenvalue weighted by molar-refractivity contribution is 7.10. The SMILES string of the molecule is O=C1N[C@@]2(CCCc3sccc32)C(=O)N1C[C@@H](O)COCc1cccs1. The summed E-state index contributed by atoms with van der Waals surface area (Å²) in [5, 5.41) is 17.0. The Balaban J connectivity index is 1.40. The van der Waals surface area contributed by atoms with Crippen LogP contribution >= 0.6 is 22.7 Å². The number of urea groups is 1. The van der Waals surface area contributed by atoms with E-state index in [-0.39, 0.29) is 19.1 Å². The monoisotopic (exact) mass is 392 g/mol. The van der Waals surface area contributed by atoms with Crippen molar-refractivity contribution in [2.75, 3.05) is 13.2 Å². The van der Waals surface area contributed by atoms with E-state index in [0.29, 0.717) is 13.0 Å². The minimum absolute atomic E-state index is 0.0592. The molecule has 0 radical (unpaired) electrons. The molecule has 1 spiro atoms. The van der Waals surface area contributed by atoms with Crippen LogP contribution in [0.3, 0.4) is 0 Å². The van der Waals surface area contributed by atoms with E-state index in [9.17, 15) is 14.7 Å². The molecule has 2 aromatic rings. The fraction of sp³-hybridized carbons (Fsp3) is 0.444. The van der Waals surface area contributed by atoms with Gasteiger partial charge in [0.15, 0.2) is 0 Å². The Hall–Kier alpha value is -1.74. The van der Waals surface area contributed by atoms with Gasteiger partial charge in [0.1, 0.15) is 5.54 Å². The molecule has 138 valence electrons. The van der Waals surface area contributed by atoms with Gasteiger partial charge in [0.2, 0.25) is 0 Å². The first kappa shape index (κ1) is 17.7. The van der Waals surface area contributed by atoms with Gasteiger partial charge in [-0.3, -0.25) is 9.69 Å². The van der Waals surface area contributed by atoms with Crippen LogP contribution < -0.4 is 5.32 Å². The molecule has 3 amide bonds. The molecule has 2 aromatic heterocycles. The number of aliphatic hydroxyl groups excluding tert-OH is 1. The Bertz CT molecular complexity index is 804. The average molecular weight is 393 g/mol. The summed E-state index contributed by atoms with van der Waals surface area (Å²) in [4.78, 5) is 28.8. The first-order chi connectivity index (χ1) is 12.6. The van der Waals surface area contributed by atoms with Gasteiger partial charge in [-0.25, -0.2) is 4.79 Å². The van der Waals surface area contributed by atoms with Crippen LogP contribution in [0.2, 0.25) is 0 Å². The number of thiophene rings is 2. The molecular formula is C18H20N2O4S2. The molecular weight excluding hydrogens is 372 g/mol. The summed E-state index contributed by atoms with van der Waals surface area (Å²) < 4.78 is 5.49. The van der Waals surface area contributed by atoms with Crippen molar-refractivity contribution in [1.82, 2.24) is 10.2 Å². The molecule has 2 aliphatic rings. The van der Waals surface area contributed by atoms with Gasteiger partial charge in [0.25, 0.3) is 5.91 Å². The minimum Gasteiger partial charge on any atom is -0.389 e. The lowest BCUT2D eigenvalue weighted by molar-refractivity contribution is -0.133. The van der Waals surface area contributed by atoms with E-state index in [4.69, 9.17) is 4.74 Å². The zero-order chi connectivity index (χ0) is 18.1. The molecule has 3 heterocycles. The highest BCUT2D eigenvalue weighted by Gasteiger charge is 2.54. The number of fused-ring (bicyclic) bond motifs is 2. The largest absolute Gasteiger partial charge is 0.389 e. The Kier molecular flexibility index (Phi) is 4.83. The van der Waals surface area contributed by atoms with E-state index in [2.05, 4.69) is 5.32 Å². The Morgan fingerprint density at radius 1 is 1.31 bits per heavy atom. The number of imide groups is 1. The van der Waals surface area contributed by atoms with Gasteiger partial charge in [-0.2, -0.15) is 0 Å². The molecule has 0 saturated carbocycles. The lowest BCUT2D eigenvalue weighted by Crippen LogP contribution is -2.46. The van der Waals surface area contributed by atoms with E-state index in [1.54, 1.807) is 22.7 Å². The number of hydrogen-bond donors (Lipinski definition) is 2. The van der Waals surface area contributed by atoms with E-state index >= 15 is 0 Å². The standard InChI is InChI=1S/C18H20N2O4S2/c21-12(10-24-11-13-3-2-7-25-13)9-20-16(22)18(19-17(20)23)6-1-4-15-14(18)5-8-26-15/h2-3,5,7-8,12,21H,1,4,6,9-11H2,(H,19,23)/t12-,18-/m1/s1. The first-order valence-corrected chi connectivity index (χ1v) is 10.4. The second-order valence-electron chi connectivity index (χ2n) is 6.61. The Morgan fingerprint density at radius 3 is 3.00 bits per heavy atom. The predicted molar refractivity (Wildman–Crippen MR) is 99.2 cm³/mol. The van der Waals surface area contributed by atoms with Crippen LogP contribution in [0.1, 0.15) is 28.2 Å². The molecule has 4 rings (SSSR count). The maximum absolute atomic E-state index is 13.0.